The Morgan fingerprint density at radius 3 is 2.28 bits per heavy atom. The highest BCUT2D eigenvalue weighted by Crippen LogP contribution is 2.20. The number of hydrogen-bond acceptors (Lipinski definition) is 5. The minimum atomic E-state index is -0.891. The minimum Gasteiger partial charge on any atom is -0.484 e. The van der Waals surface area contributed by atoms with Crippen molar-refractivity contribution in [1.29, 1.82) is 0 Å². The van der Waals surface area contributed by atoms with Crippen molar-refractivity contribution in [2.45, 2.75) is 46.7 Å². The van der Waals surface area contributed by atoms with Crippen LogP contribution in [0, 0.1) is 13.8 Å². The van der Waals surface area contributed by atoms with Crippen molar-refractivity contribution in [3.05, 3.63) is 53.3 Å². The van der Waals surface area contributed by atoms with Crippen molar-refractivity contribution in [1.82, 2.24) is 9.88 Å². The summed E-state index contributed by atoms with van der Waals surface area (Å²) in [6, 6.07) is 10.0. The molecule has 0 fully saturated rings. The van der Waals surface area contributed by atoms with Crippen LogP contribution in [0.5, 0.6) is 5.75 Å². The third kappa shape index (κ3) is 5.94. The average Bonchev–Trinajstić information content (AvgIpc) is 2.99. The van der Waals surface area contributed by atoms with Crippen molar-refractivity contribution in [2.24, 2.45) is 0 Å². The van der Waals surface area contributed by atoms with E-state index in [-0.39, 0.29) is 25.0 Å². The van der Waals surface area contributed by atoms with E-state index in [1.54, 1.807) is 30.3 Å². The maximum Gasteiger partial charge on any atom is 0.328 e. The molecule has 1 heterocycles. The number of benzene rings is 1. The van der Waals surface area contributed by atoms with E-state index in [1.807, 2.05) is 33.8 Å². The highest BCUT2D eigenvalue weighted by Gasteiger charge is 2.21. The van der Waals surface area contributed by atoms with Crippen molar-refractivity contribution >= 4 is 17.7 Å². The Morgan fingerprint density at radius 1 is 1.03 bits per heavy atom. The number of rotatable bonds is 9. The van der Waals surface area contributed by atoms with Crippen LogP contribution in [0.3, 0.4) is 0 Å². The zero-order valence-electron chi connectivity index (χ0n) is 17.5. The second kappa shape index (κ2) is 9.91. The molecule has 0 aliphatic rings. The van der Waals surface area contributed by atoms with Gasteiger partial charge in [0.2, 0.25) is 5.78 Å². The fourth-order valence-electron chi connectivity index (χ4n) is 3.20. The van der Waals surface area contributed by atoms with E-state index < -0.39 is 17.9 Å². The standard InChI is InChI=1S/C22H28N2O5/c1-14(2)24-15(3)11-19(17(24)5)20(25)12-29-22(27)16(4)23-21(26)13-28-18-9-7-6-8-10-18/h6-11,14,16H,12-13H2,1-5H3,(H,23,26)/t16-/m0/s1. The number of carbonyl (C=O) groups is 3. The zero-order chi connectivity index (χ0) is 21.6. The maximum atomic E-state index is 12.5. The van der Waals surface area contributed by atoms with Gasteiger partial charge in [-0.3, -0.25) is 9.59 Å². The summed E-state index contributed by atoms with van der Waals surface area (Å²) in [7, 11) is 0. The van der Waals surface area contributed by atoms with Gasteiger partial charge in [0.25, 0.3) is 5.91 Å². The monoisotopic (exact) mass is 400 g/mol. The number of amides is 1. The fourth-order valence-corrected chi connectivity index (χ4v) is 3.20. The first-order chi connectivity index (χ1) is 13.7. The maximum absolute atomic E-state index is 12.5. The van der Waals surface area contributed by atoms with Gasteiger partial charge >= 0.3 is 5.97 Å². The van der Waals surface area contributed by atoms with Crippen LogP contribution in [-0.2, 0) is 14.3 Å². The molecule has 7 heteroatoms. The molecule has 1 aromatic carbocycles. The van der Waals surface area contributed by atoms with Crippen LogP contribution in [0.25, 0.3) is 0 Å². The largest absolute Gasteiger partial charge is 0.484 e. The number of ether oxygens (including phenoxy) is 2. The number of nitrogens with one attached hydrogen (secondary N) is 1. The van der Waals surface area contributed by atoms with Crippen LogP contribution in [0.1, 0.15) is 48.6 Å². The van der Waals surface area contributed by atoms with Crippen molar-refractivity contribution in [2.75, 3.05) is 13.2 Å². The molecule has 156 valence electrons. The van der Waals surface area contributed by atoms with E-state index in [9.17, 15) is 14.4 Å². The molecule has 7 nitrogen and oxygen atoms in total. The topological polar surface area (TPSA) is 86.6 Å². The molecule has 0 radical (unpaired) electrons. The van der Waals surface area contributed by atoms with Crippen LogP contribution in [-0.4, -0.2) is 41.5 Å². The molecule has 1 aromatic heterocycles. The number of carbonyl (C=O) groups excluding carboxylic acids is 3. The predicted octanol–water partition coefficient (Wildman–Crippen LogP) is 3.00. The number of aromatic nitrogens is 1. The van der Waals surface area contributed by atoms with Crippen LogP contribution in [0.2, 0.25) is 0 Å². The molecule has 0 aliphatic heterocycles. The smallest absolute Gasteiger partial charge is 0.328 e. The summed E-state index contributed by atoms with van der Waals surface area (Å²) in [6.07, 6.45) is 0. The molecule has 1 amide bonds. The number of esters is 1. The van der Waals surface area contributed by atoms with Gasteiger partial charge < -0.3 is 19.4 Å². The quantitative estimate of drug-likeness (QED) is 0.517. The Hall–Kier alpha value is -3.09. The lowest BCUT2D eigenvalue weighted by molar-refractivity contribution is -0.146. The summed E-state index contributed by atoms with van der Waals surface area (Å²) >= 11 is 0. The molecule has 29 heavy (non-hydrogen) atoms. The van der Waals surface area contributed by atoms with E-state index >= 15 is 0 Å². The Labute approximate surface area is 171 Å². The van der Waals surface area contributed by atoms with E-state index in [2.05, 4.69) is 9.88 Å². The minimum absolute atomic E-state index is 0.220. The number of ketones is 1. The summed E-state index contributed by atoms with van der Waals surface area (Å²) in [5.74, 6) is -0.846. The van der Waals surface area contributed by atoms with E-state index in [1.165, 1.54) is 6.92 Å². The summed E-state index contributed by atoms with van der Waals surface area (Å²) < 4.78 is 12.5. The van der Waals surface area contributed by atoms with Gasteiger partial charge in [-0.05, 0) is 52.8 Å². The summed E-state index contributed by atoms with van der Waals surface area (Å²) in [5.41, 5.74) is 2.36. The Morgan fingerprint density at radius 2 is 1.69 bits per heavy atom. The summed E-state index contributed by atoms with van der Waals surface area (Å²) in [5, 5.41) is 2.50. The lowest BCUT2D eigenvalue weighted by atomic mass is 10.1. The zero-order valence-corrected chi connectivity index (χ0v) is 17.5. The second-order valence-electron chi connectivity index (χ2n) is 7.17. The molecule has 1 atom stereocenters. The lowest BCUT2D eigenvalue weighted by Gasteiger charge is -2.14. The first kappa shape index (κ1) is 22.2. The molecule has 2 rings (SSSR count). The fraction of sp³-hybridized carbons (Fsp3) is 0.409. The van der Waals surface area contributed by atoms with Crippen LogP contribution in [0.4, 0.5) is 0 Å². The number of Topliss-reactive ketones (excluding diaryl/α,β-unsaturated/α-hetero) is 1. The Balaban J connectivity index is 1.83. The van der Waals surface area contributed by atoms with Crippen molar-refractivity contribution < 1.29 is 23.9 Å². The molecular weight excluding hydrogens is 372 g/mol. The second-order valence-corrected chi connectivity index (χ2v) is 7.17. The molecule has 0 unspecified atom stereocenters. The van der Waals surface area contributed by atoms with Gasteiger partial charge in [-0.15, -0.1) is 0 Å². The van der Waals surface area contributed by atoms with Gasteiger partial charge in [0, 0.05) is 23.0 Å². The van der Waals surface area contributed by atoms with Crippen LogP contribution < -0.4 is 10.1 Å². The van der Waals surface area contributed by atoms with Crippen molar-refractivity contribution in [3.63, 3.8) is 0 Å². The number of para-hydroxylation sites is 1. The number of aryl methyl sites for hydroxylation is 1. The summed E-state index contributed by atoms with van der Waals surface area (Å²) in [6.45, 7) is 8.80. The van der Waals surface area contributed by atoms with Crippen LogP contribution in [0.15, 0.2) is 36.4 Å². The Bertz CT molecular complexity index is 871. The van der Waals surface area contributed by atoms with Crippen molar-refractivity contribution in [3.8, 4) is 5.75 Å². The van der Waals surface area contributed by atoms with Gasteiger partial charge in [-0.2, -0.15) is 0 Å². The SMILES string of the molecule is Cc1cc(C(=O)COC(=O)[C@H](C)NC(=O)COc2ccccc2)c(C)n1C(C)C. The highest BCUT2D eigenvalue weighted by atomic mass is 16.5. The van der Waals surface area contributed by atoms with Gasteiger partial charge in [-0.1, -0.05) is 18.2 Å². The van der Waals surface area contributed by atoms with Gasteiger partial charge in [0.15, 0.2) is 13.2 Å². The van der Waals surface area contributed by atoms with Gasteiger partial charge in [0.1, 0.15) is 11.8 Å². The van der Waals surface area contributed by atoms with Crippen LogP contribution >= 0.6 is 0 Å². The summed E-state index contributed by atoms with van der Waals surface area (Å²) in [4.78, 5) is 36.5. The molecule has 0 saturated carbocycles. The first-order valence-corrected chi connectivity index (χ1v) is 9.56. The molecular formula is C22H28N2O5. The number of hydrogen-bond donors (Lipinski definition) is 1. The molecule has 0 saturated heterocycles. The van der Waals surface area contributed by atoms with E-state index in [0.29, 0.717) is 11.3 Å². The molecule has 0 bridgehead atoms. The lowest BCUT2D eigenvalue weighted by Crippen LogP contribution is -2.42. The number of nitrogens with zero attached hydrogens (tertiary/aromatic N) is 1. The van der Waals surface area contributed by atoms with E-state index in [0.717, 1.165) is 11.4 Å². The third-order valence-corrected chi connectivity index (χ3v) is 4.49. The molecule has 2 aromatic rings. The highest BCUT2D eigenvalue weighted by molar-refractivity contribution is 5.99. The molecule has 1 N–H and O–H groups in total. The molecule has 0 aliphatic carbocycles. The van der Waals surface area contributed by atoms with Gasteiger partial charge in [0.05, 0.1) is 0 Å². The predicted molar refractivity (Wildman–Crippen MR) is 109 cm³/mol. The Kier molecular flexibility index (Phi) is 7.59. The van der Waals surface area contributed by atoms with Gasteiger partial charge in [-0.25, -0.2) is 4.79 Å². The first-order valence-electron chi connectivity index (χ1n) is 9.56. The normalized spacial score (nSPS) is 11.8. The average molecular weight is 400 g/mol. The molecule has 0 spiro atoms. The van der Waals surface area contributed by atoms with E-state index in [4.69, 9.17) is 9.47 Å². The third-order valence-electron chi connectivity index (χ3n) is 4.49.